The number of unbranched alkanes of at least 4 members (excludes halogenated alkanes) is 3. The van der Waals surface area contributed by atoms with Gasteiger partial charge in [0.1, 0.15) is 0 Å². The highest BCUT2D eigenvalue weighted by Crippen LogP contribution is 2.18. The van der Waals surface area contributed by atoms with Crippen molar-refractivity contribution >= 4 is 15.9 Å². The summed E-state index contributed by atoms with van der Waals surface area (Å²) in [5, 5.41) is 0. The molecule has 0 aliphatic carbocycles. The third-order valence-electron chi connectivity index (χ3n) is 2.81. The maximum Gasteiger partial charge on any atom is 0.159 e. The van der Waals surface area contributed by atoms with Crippen molar-refractivity contribution in [3.63, 3.8) is 0 Å². The quantitative estimate of drug-likeness (QED) is 0.477. The first-order chi connectivity index (χ1) is 8.13. The van der Waals surface area contributed by atoms with Gasteiger partial charge in [-0.1, -0.05) is 54.6 Å². The van der Waals surface area contributed by atoms with Crippen molar-refractivity contribution < 1.29 is 8.78 Å². The zero-order valence-corrected chi connectivity index (χ0v) is 11.8. The lowest BCUT2D eigenvalue weighted by molar-refractivity contribution is 0.506. The van der Waals surface area contributed by atoms with Gasteiger partial charge in [-0.2, -0.15) is 0 Å². The van der Waals surface area contributed by atoms with Gasteiger partial charge >= 0.3 is 0 Å². The van der Waals surface area contributed by atoms with Crippen molar-refractivity contribution in [3.05, 3.63) is 35.4 Å². The summed E-state index contributed by atoms with van der Waals surface area (Å²) in [6, 6.07) is 4.13. The van der Waals surface area contributed by atoms with E-state index in [1.165, 1.54) is 37.8 Å². The van der Waals surface area contributed by atoms with E-state index >= 15 is 0 Å². The first kappa shape index (κ1) is 14.6. The van der Waals surface area contributed by atoms with Gasteiger partial charge in [0, 0.05) is 4.83 Å². The third-order valence-corrected chi connectivity index (χ3v) is 3.59. The molecule has 1 rings (SSSR count). The lowest BCUT2D eigenvalue weighted by atomic mass is 10.0. The van der Waals surface area contributed by atoms with Gasteiger partial charge in [0.2, 0.25) is 0 Å². The van der Waals surface area contributed by atoms with Crippen LogP contribution in [-0.2, 0) is 6.42 Å². The van der Waals surface area contributed by atoms with Crippen molar-refractivity contribution in [2.45, 2.75) is 50.3 Å². The second-order valence-electron chi connectivity index (χ2n) is 4.40. The fourth-order valence-corrected chi connectivity index (χ4v) is 2.51. The lowest BCUT2D eigenvalue weighted by Gasteiger charge is -2.09. The van der Waals surface area contributed by atoms with Gasteiger partial charge in [0.15, 0.2) is 11.6 Å². The summed E-state index contributed by atoms with van der Waals surface area (Å²) >= 11 is 3.59. The second-order valence-corrected chi connectivity index (χ2v) is 5.69. The second kappa shape index (κ2) is 7.80. The Morgan fingerprint density at radius 3 is 2.53 bits per heavy atom. The highest BCUT2D eigenvalue weighted by molar-refractivity contribution is 9.09. The van der Waals surface area contributed by atoms with Crippen LogP contribution in [0.3, 0.4) is 0 Å². The Labute approximate surface area is 111 Å². The molecule has 1 aromatic carbocycles. The highest BCUT2D eigenvalue weighted by Gasteiger charge is 2.08. The summed E-state index contributed by atoms with van der Waals surface area (Å²) in [6.07, 6.45) is 6.77. The molecule has 0 aliphatic heterocycles. The molecule has 0 heterocycles. The van der Waals surface area contributed by atoms with E-state index in [1.54, 1.807) is 6.07 Å². The zero-order chi connectivity index (χ0) is 12.7. The van der Waals surface area contributed by atoms with Crippen LogP contribution in [0.4, 0.5) is 8.78 Å². The maximum absolute atomic E-state index is 13.0. The van der Waals surface area contributed by atoms with Crippen LogP contribution in [0.1, 0.15) is 44.6 Å². The lowest BCUT2D eigenvalue weighted by Crippen LogP contribution is -2.03. The Hall–Kier alpha value is -0.440. The minimum atomic E-state index is -0.775. The number of rotatable bonds is 7. The van der Waals surface area contributed by atoms with Crippen LogP contribution in [0.2, 0.25) is 0 Å². The van der Waals surface area contributed by atoms with Crippen LogP contribution in [0, 0.1) is 11.6 Å². The predicted octanol–water partition coefficient (Wildman–Crippen LogP) is 5.24. The number of halogens is 3. The predicted molar refractivity (Wildman–Crippen MR) is 71.5 cm³/mol. The molecule has 0 amide bonds. The van der Waals surface area contributed by atoms with E-state index in [2.05, 4.69) is 22.9 Å². The van der Waals surface area contributed by atoms with Gasteiger partial charge < -0.3 is 0 Å². The molecule has 1 atom stereocenters. The molecule has 96 valence electrons. The van der Waals surface area contributed by atoms with Gasteiger partial charge in [0.05, 0.1) is 0 Å². The summed E-state index contributed by atoms with van der Waals surface area (Å²) in [5.74, 6) is -1.53. The minimum Gasteiger partial charge on any atom is -0.204 e. The van der Waals surface area contributed by atoms with Crippen LogP contribution >= 0.6 is 15.9 Å². The summed E-state index contributed by atoms with van der Waals surface area (Å²) in [5.41, 5.74) is 0.848. The molecule has 0 bridgehead atoms. The molecule has 0 radical (unpaired) electrons. The van der Waals surface area contributed by atoms with E-state index in [0.29, 0.717) is 4.83 Å². The molecule has 0 saturated heterocycles. The molecular weight excluding hydrogens is 286 g/mol. The molecule has 1 unspecified atom stereocenters. The molecule has 0 fully saturated rings. The Balaban J connectivity index is 2.34. The molecule has 0 aliphatic rings. The molecular formula is C14H19BrF2. The average molecular weight is 305 g/mol. The van der Waals surface area contributed by atoms with Crippen molar-refractivity contribution in [1.29, 1.82) is 0 Å². The van der Waals surface area contributed by atoms with E-state index < -0.39 is 11.6 Å². The van der Waals surface area contributed by atoms with Crippen molar-refractivity contribution in [2.24, 2.45) is 0 Å². The fraction of sp³-hybridized carbons (Fsp3) is 0.571. The molecule has 0 nitrogen and oxygen atoms in total. The first-order valence-corrected chi connectivity index (χ1v) is 7.13. The normalized spacial score (nSPS) is 12.7. The zero-order valence-electron chi connectivity index (χ0n) is 10.2. The molecule has 0 aromatic heterocycles. The van der Waals surface area contributed by atoms with Gasteiger partial charge in [-0.3, -0.25) is 0 Å². The van der Waals surface area contributed by atoms with E-state index in [0.717, 1.165) is 18.4 Å². The Kier molecular flexibility index (Phi) is 6.71. The van der Waals surface area contributed by atoms with E-state index in [4.69, 9.17) is 0 Å². The van der Waals surface area contributed by atoms with Crippen molar-refractivity contribution in [1.82, 2.24) is 0 Å². The first-order valence-electron chi connectivity index (χ1n) is 6.21. The Morgan fingerprint density at radius 2 is 1.88 bits per heavy atom. The summed E-state index contributed by atoms with van der Waals surface area (Å²) < 4.78 is 25.7. The third kappa shape index (κ3) is 5.62. The number of hydrogen-bond acceptors (Lipinski definition) is 0. The van der Waals surface area contributed by atoms with Crippen LogP contribution in [0.25, 0.3) is 0 Å². The summed E-state index contributed by atoms with van der Waals surface area (Å²) in [7, 11) is 0. The molecule has 17 heavy (non-hydrogen) atoms. The summed E-state index contributed by atoms with van der Waals surface area (Å²) in [4.78, 5) is 0.351. The molecule has 0 spiro atoms. The smallest absolute Gasteiger partial charge is 0.159 e. The minimum absolute atomic E-state index is 0.351. The molecule has 3 heteroatoms. The highest BCUT2D eigenvalue weighted by atomic mass is 79.9. The summed E-state index contributed by atoms with van der Waals surface area (Å²) in [6.45, 7) is 2.19. The van der Waals surface area contributed by atoms with Crippen molar-refractivity contribution in [3.8, 4) is 0 Å². The maximum atomic E-state index is 13.0. The van der Waals surface area contributed by atoms with Crippen LogP contribution in [-0.4, -0.2) is 4.83 Å². The van der Waals surface area contributed by atoms with Gasteiger partial charge in [-0.25, -0.2) is 8.78 Å². The van der Waals surface area contributed by atoms with Crippen LogP contribution in [0.5, 0.6) is 0 Å². The van der Waals surface area contributed by atoms with E-state index in [9.17, 15) is 8.78 Å². The largest absolute Gasteiger partial charge is 0.204 e. The van der Waals surface area contributed by atoms with Crippen LogP contribution < -0.4 is 0 Å². The molecule has 1 aromatic rings. The standard InChI is InChI=1S/C14H19BrF2/c1-2-3-4-5-6-12(15)9-11-7-8-13(16)14(17)10-11/h7-8,10,12H,2-6,9H2,1H3. The number of benzene rings is 1. The SMILES string of the molecule is CCCCCCC(Br)Cc1ccc(F)c(F)c1. The average Bonchev–Trinajstić information content (AvgIpc) is 2.30. The Bertz CT molecular complexity index is 339. The molecule has 0 saturated carbocycles. The number of alkyl halides is 1. The number of hydrogen-bond donors (Lipinski definition) is 0. The van der Waals surface area contributed by atoms with E-state index in [1.807, 2.05) is 0 Å². The van der Waals surface area contributed by atoms with Crippen LogP contribution in [0.15, 0.2) is 18.2 Å². The van der Waals surface area contributed by atoms with Gasteiger partial charge in [0.25, 0.3) is 0 Å². The Morgan fingerprint density at radius 1 is 1.12 bits per heavy atom. The van der Waals surface area contributed by atoms with E-state index in [-0.39, 0.29) is 0 Å². The molecule has 0 N–H and O–H groups in total. The monoisotopic (exact) mass is 304 g/mol. The topological polar surface area (TPSA) is 0 Å². The van der Waals surface area contributed by atoms with Gasteiger partial charge in [-0.15, -0.1) is 0 Å². The van der Waals surface area contributed by atoms with Gasteiger partial charge in [-0.05, 0) is 30.5 Å². The van der Waals surface area contributed by atoms with Crippen molar-refractivity contribution in [2.75, 3.05) is 0 Å². The fourth-order valence-electron chi connectivity index (χ4n) is 1.82.